The summed E-state index contributed by atoms with van der Waals surface area (Å²) in [5.74, 6) is -0.836. The third-order valence-corrected chi connectivity index (χ3v) is 18.0. The second-order valence-corrected chi connectivity index (χ2v) is 25.0. The van der Waals surface area contributed by atoms with Crippen molar-refractivity contribution in [3.05, 3.63) is 70.9 Å². The van der Waals surface area contributed by atoms with Crippen LogP contribution in [-0.4, -0.2) is 135 Å². The Labute approximate surface area is 408 Å². The molecular formula is C49H68FN7O8S3. The highest BCUT2D eigenvalue weighted by molar-refractivity contribution is 8.00. The van der Waals surface area contributed by atoms with Crippen molar-refractivity contribution in [1.29, 1.82) is 0 Å². The molecule has 3 saturated heterocycles. The highest BCUT2D eigenvalue weighted by Gasteiger charge is 2.54. The lowest BCUT2D eigenvalue weighted by molar-refractivity contribution is -0.143. The average Bonchev–Trinajstić information content (AvgIpc) is 3.69. The van der Waals surface area contributed by atoms with Crippen LogP contribution in [0.4, 0.5) is 9.18 Å². The molecule has 4 amide bonds. The van der Waals surface area contributed by atoms with Crippen LogP contribution < -0.4 is 16.0 Å². The number of nitrogens with zero attached hydrogens (tertiary/aromatic N) is 4. The Morgan fingerprint density at radius 1 is 0.985 bits per heavy atom. The zero-order valence-corrected chi connectivity index (χ0v) is 42.7. The van der Waals surface area contributed by atoms with Crippen LogP contribution in [0.3, 0.4) is 0 Å². The van der Waals surface area contributed by atoms with Gasteiger partial charge in [-0.25, -0.2) is 22.6 Å². The number of aromatic nitrogens is 1. The molecule has 372 valence electrons. The summed E-state index contributed by atoms with van der Waals surface area (Å²) >= 11 is 3.09. The van der Waals surface area contributed by atoms with Gasteiger partial charge in [0.2, 0.25) is 21.8 Å². The van der Waals surface area contributed by atoms with Crippen LogP contribution in [0.15, 0.2) is 58.9 Å². The fraction of sp³-hybridized carbons (Fsp3) is 0.612. The van der Waals surface area contributed by atoms with Gasteiger partial charge in [-0.1, -0.05) is 36.4 Å². The molecule has 1 saturated carbocycles. The minimum Gasteiger partial charge on any atom is -0.444 e. The molecule has 0 bridgehead atoms. The first-order valence-corrected chi connectivity index (χ1v) is 27.1. The smallest absolute Gasteiger partial charge is 0.407 e. The number of sulfonamides is 1. The lowest BCUT2D eigenvalue weighted by atomic mass is 9.98. The first kappa shape index (κ1) is 51.7. The number of alkyl halides is 1. The van der Waals surface area contributed by atoms with Gasteiger partial charge in [0, 0.05) is 43.4 Å². The number of hydrogen-bond acceptors (Lipinski definition) is 12. The lowest BCUT2D eigenvalue weighted by Gasteiger charge is -2.39. The Morgan fingerprint density at radius 3 is 2.28 bits per heavy atom. The molecule has 68 heavy (non-hydrogen) atoms. The summed E-state index contributed by atoms with van der Waals surface area (Å²) in [7, 11) is -3.74. The average molecular weight is 998 g/mol. The number of aliphatic hydroxyl groups excluding tert-OH is 1. The summed E-state index contributed by atoms with van der Waals surface area (Å²) < 4.78 is 48.6. The Bertz CT molecular complexity index is 2390. The number of aliphatic hydroxyl groups is 1. The number of β-amino-alcohol motifs (C(OH)–C–C–N with tert-alkyl or cyclic N) is 1. The Balaban J connectivity index is 0.926. The number of likely N-dealkylation sites (tertiary alicyclic amines) is 2. The van der Waals surface area contributed by atoms with E-state index in [1.807, 2.05) is 58.0 Å². The van der Waals surface area contributed by atoms with Crippen LogP contribution in [0.1, 0.15) is 109 Å². The fourth-order valence-electron chi connectivity index (χ4n) is 9.15. The van der Waals surface area contributed by atoms with E-state index in [1.54, 1.807) is 55.8 Å². The zero-order valence-electron chi connectivity index (χ0n) is 40.3. The van der Waals surface area contributed by atoms with Crippen LogP contribution in [-0.2, 0) is 35.7 Å². The summed E-state index contributed by atoms with van der Waals surface area (Å²) in [6, 6.07) is 12.2. The number of carbonyl (C=O) groups excluding carboxylic acids is 4. The van der Waals surface area contributed by atoms with Crippen molar-refractivity contribution >= 4 is 56.9 Å². The van der Waals surface area contributed by atoms with E-state index < -0.39 is 74.1 Å². The summed E-state index contributed by atoms with van der Waals surface area (Å²) in [6.07, 6.45) is 1.43. The number of hydrogen-bond donors (Lipinski definition) is 4. The van der Waals surface area contributed by atoms with Gasteiger partial charge in [-0.05, 0) is 141 Å². The number of benzene rings is 2. The van der Waals surface area contributed by atoms with E-state index in [1.165, 1.54) is 21.0 Å². The SMILES string of the molecule is Cc1ncsc1-c1ccc([C@H](C)NC(=O)[C@@H]2C[C@@H](O)CN2C(=O)[C@@H](NC(=O)C2(F)CC2)C(C)(C)SCC2CCN(Cc3cccc(S(=O)(=O)N4CCC(NC(=O)OC(C)(C)C)CC4)c3)CC2)cc1. The first-order chi connectivity index (χ1) is 32.0. The van der Waals surface area contributed by atoms with Gasteiger partial charge < -0.3 is 30.7 Å². The molecule has 19 heteroatoms. The van der Waals surface area contributed by atoms with Crippen molar-refractivity contribution in [2.45, 2.75) is 151 Å². The van der Waals surface area contributed by atoms with E-state index in [-0.39, 0.29) is 55.8 Å². The molecule has 4 fully saturated rings. The number of piperidine rings is 2. The van der Waals surface area contributed by atoms with Gasteiger partial charge in [-0.3, -0.25) is 19.3 Å². The molecular weight excluding hydrogens is 930 g/mol. The Kier molecular flexibility index (Phi) is 16.0. The van der Waals surface area contributed by atoms with E-state index in [2.05, 4.69) is 25.8 Å². The summed E-state index contributed by atoms with van der Waals surface area (Å²) in [5, 5.41) is 19.5. The number of aryl methyl sites for hydroxylation is 1. The number of alkyl carbamates (subject to hydrolysis) is 1. The van der Waals surface area contributed by atoms with Crippen LogP contribution in [0.5, 0.6) is 0 Å². The number of carbonyl (C=O) groups is 4. The minimum atomic E-state index is -3.74. The standard InChI is InChI=1S/C49H68FN7O8S3/c1-31(35-11-13-36(14-12-35)41-32(2)51-30-66-41)52-43(59)40-26-38(58)28-57(40)44(60)42(54-45(61)49(50)19-20-49)48(6,7)67-29-33-15-21-55(22-16-33)27-34-9-8-10-39(25-34)68(63,64)56-23-17-37(18-24-56)53-46(62)65-47(3,4)5/h8-14,25,30-31,33,37-38,40,42,58H,15-24,26-29H2,1-7H3,(H,52,59)(H,53,62)(H,54,61)/t31-,38+,40-,42+/m0/s1. The van der Waals surface area contributed by atoms with Crippen LogP contribution in [0.2, 0.25) is 0 Å². The highest BCUT2D eigenvalue weighted by Crippen LogP contribution is 2.41. The molecule has 0 spiro atoms. The quantitative estimate of drug-likeness (QED) is 0.125. The molecule has 3 aromatic rings. The molecule has 1 aromatic heterocycles. The van der Waals surface area contributed by atoms with Crippen molar-refractivity contribution in [2.24, 2.45) is 5.92 Å². The van der Waals surface area contributed by atoms with Gasteiger partial charge >= 0.3 is 6.09 Å². The number of rotatable bonds is 16. The Morgan fingerprint density at radius 2 is 1.66 bits per heavy atom. The van der Waals surface area contributed by atoms with E-state index >= 15 is 4.39 Å². The van der Waals surface area contributed by atoms with Crippen molar-refractivity contribution in [3.63, 3.8) is 0 Å². The fourth-order valence-corrected chi connectivity index (χ4v) is 12.8. The Hall–Kier alpha value is -4.14. The largest absolute Gasteiger partial charge is 0.444 e. The van der Waals surface area contributed by atoms with Gasteiger partial charge in [0.25, 0.3) is 5.91 Å². The molecule has 7 rings (SSSR count). The van der Waals surface area contributed by atoms with Crippen LogP contribution >= 0.6 is 23.1 Å². The molecule has 4 N–H and O–H groups in total. The molecule has 0 radical (unpaired) electrons. The van der Waals surface area contributed by atoms with Crippen molar-refractivity contribution in [3.8, 4) is 10.4 Å². The molecule has 4 atom stereocenters. The molecule has 0 unspecified atom stereocenters. The molecule has 15 nitrogen and oxygen atoms in total. The molecule has 4 aliphatic rings. The second-order valence-electron chi connectivity index (χ2n) is 20.5. The van der Waals surface area contributed by atoms with Crippen LogP contribution in [0, 0.1) is 12.8 Å². The van der Waals surface area contributed by atoms with Crippen molar-refractivity contribution in [2.75, 3.05) is 38.5 Å². The molecule has 3 aliphatic heterocycles. The predicted molar refractivity (Wildman–Crippen MR) is 262 cm³/mol. The predicted octanol–water partition coefficient (Wildman–Crippen LogP) is 6.35. The molecule has 1 aliphatic carbocycles. The van der Waals surface area contributed by atoms with Crippen LogP contribution in [0.25, 0.3) is 10.4 Å². The molecule has 4 heterocycles. The van der Waals surface area contributed by atoms with E-state index in [0.29, 0.717) is 25.1 Å². The normalized spacial score (nSPS) is 21.8. The highest BCUT2D eigenvalue weighted by atomic mass is 32.2. The maximum Gasteiger partial charge on any atom is 0.407 e. The number of nitrogens with one attached hydrogen (secondary N) is 3. The maximum absolute atomic E-state index is 15.2. The second kappa shape index (κ2) is 21.1. The van der Waals surface area contributed by atoms with Gasteiger partial charge in [0.1, 0.15) is 17.7 Å². The third-order valence-electron chi connectivity index (χ3n) is 13.5. The van der Waals surface area contributed by atoms with Gasteiger partial charge in [0.15, 0.2) is 5.67 Å². The molecule has 2 aromatic carbocycles. The number of amides is 4. The number of ether oxygens (including phenoxy) is 1. The monoisotopic (exact) mass is 997 g/mol. The summed E-state index contributed by atoms with van der Waals surface area (Å²) in [4.78, 5) is 63.3. The minimum absolute atomic E-state index is 0.0311. The summed E-state index contributed by atoms with van der Waals surface area (Å²) in [5.41, 5.74) is 2.89. The summed E-state index contributed by atoms with van der Waals surface area (Å²) in [6.45, 7) is 15.6. The lowest BCUT2D eigenvalue weighted by Crippen LogP contribution is -2.61. The zero-order chi connectivity index (χ0) is 49.2. The first-order valence-electron chi connectivity index (χ1n) is 23.8. The third kappa shape index (κ3) is 12.8. The van der Waals surface area contributed by atoms with Crippen molar-refractivity contribution < 1.29 is 41.8 Å². The number of thiazole rings is 1. The number of halogens is 1. The van der Waals surface area contributed by atoms with Gasteiger partial charge in [-0.2, -0.15) is 16.1 Å². The topological polar surface area (TPSA) is 191 Å². The van der Waals surface area contributed by atoms with E-state index in [9.17, 15) is 32.7 Å². The number of thioether (sulfide) groups is 1. The van der Waals surface area contributed by atoms with Gasteiger partial charge in [0.05, 0.1) is 33.1 Å². The van der Waals surface area contributed by atoms with Gasteiger partial charge in [-0.15, -0.1) is 11.3 Å². The van der Waals surface area contributed by atoms with E-state index in [0.717, 1.165) is 53.2 Å². The maximum atomic E-state index is 15.2. The van der Waals surface area contributed by atoms with Crippen molar-refractivity contribution in [1.82, 2.24) is 35.0 Å². The van der Waals surface area contributed by atoms with E-state index in [4.69, 9.17) is 4.74 Å².